The van der Waals surface area contributed by atoms with E-state index < -0.39 is 0 Å². The molecule has 1 aliphatic heterocycles. The zero-order valence-electron chi connectivity index (χ0n) is 10.1. The maximum absolute atomic E-state index is 4.19. The van der Waals surface area contributed by atoms with Crippen LogP contribution in [0.5, 0.6) is 0 Å². The predicted octanol–water partition coefficient (Wildman–Crippen LogP) is 0.733. The lowest BCUT2D eigenvalue weighted by Gasteiger charge is -2.16. The van der Waals surface area contributed by atoms with E-state index in [4.69, 9.17) is 0 Å². The summed E-state index contributed by atoms with van der Waals surface area (Å²) < 4.78 is 0. The Morgan fingerprint density at radius 2 is 2.00 bits per heavy atom. The first-order valence-electron chi connectivity index (χ1n) is 6.32. The van der Waals surface area contributed by atoms with Gasteiger partial charge in [-0.05, 0) is 37.8 Å². The minimum Gasteiger partial charge on any atom is -0.315 e. The van der Waals surface area contributed by atoms with Crippen molar-refractivity contribution in [3.8, 4) is 0 Å². The van der Waals surface area contributed by atoms with Gasteiger partial charge in [0, 0.05) is 31.5 Å². The van der Waals surface area contributed by atoms with Crippen molar-refractivity contribution in [1.82, 2.24) is 20.3 Å². The maximum Gasteiger partial charge on any atom is 0.237 e. The normalized spacial score (nSPS) is 29.5. The fraction of sp³-hybridized carbons (Fsp3) is 0.667. The fourth-order valence-electron chi connectivity index (χ4n) is 2.73. The number of likely N-dealkylation sites (N-methyl/N-ethyl adjacent to an activating group) is 1. The summed E-state index contributed by atoms with van der Waals surface area (Å²) in [5, 5.41) is 5.66. The molecule has 2 N–H and O–H groups in total. The largest absolute Gasteiger partial charge is 0.315 e. The molecule has 3 rings (SSSR count). The molecule has 0 spiro atoms. The van der Waals surface area contributed by atoms with Gasteiger partial charge in [0.1, 0.15) is 0 Å². The molecule has 0 amide bonds. The van der Waals surface area contributed by atoms with Crippen LogP contribution in [-0.4, -0.2) is 41.2 Å². The van der Waals surface area contributed by atoms with E-state index in [-0.39, 0.29) is 0 Å². The summed E-state index contributed by atoms with van der Waals surface area (Å²) in [5.74, 6) is 2.39. The fourth-order valence-corrected chi connectivity index (χ4v) is 2.73. The van der Waals surface area contributed by atoms with Crippen molar-refractivity contribution in [3.63, 3.8) is 0 Å². The van der Waals surface area contributed by atoms with E-state index in [1.54, 1.807) is 12.4 Å². The van der Waals surface area contributed by atoms with E-state index in [0.717, 1.165) is 24.9 Å². The predicted molar refractivity (Wildman–Crippen MR) is 66.3 cm³/mol. The zero-order chi connectivity index (χ0) is 11.7. The van der Waals surface area contributed by atoms with Gasteiger partial charge in [0.25, 0.3) is 0 Å². The number of hydrogen-bond donors (Lipinski definition) is 2. The van der Waals surface area contributed by atoms with E-state index in [9.17, 15) is 0 Å². The van der Waals surface area contributed by atoms with Gasteiger partial charge in [-0.15, -0.1) is 0 Å². The minimum absolute atomic E-state index is 0.596. The van der Waals surface area contributed by atoms with Crippen molar-refractivity contribution in [2.24, 2.45) is 11.8 Å². The van der Waals surface area contributed by atoms with Gasteiger partial charge in [0.05, 0.1) is 0 Å². The first-order valence-corrected chi connectivity index (χ1v) is 6.32. The average Bonchev–Trinajstić information content (AvgIpc) is 3.13. The molecule has 0 radical (unpaired) electrons. The van der Waals surface area contributed by atoms with Crippen molar-refractivity contribution < 1.29 is 0 Å². The summed E-state index contributed by atoms with van der Waals surface area (Å²) in [6.07, 6.45) is 6.33. The van der Waals surface area contributed by atoms with Gasteiger partial charge in [-0.25, -0.2) is 15.0 Å². The van der Waals surface area contributed by atoms with Crippen LogP contribution in [0.4, 0.5) is 5.95 Å². The minimum atomic E-state index is 0.596. The van der Waals surface area contributed by atoms with Crippen molar-refractivity contribution >= 4 is 5.95 Å². The zero-order valence-corrected chi connectivity index (χ0v) is 10.1. The van der Waals surface area contributed by atoms with Crippen LogP contribution in [0, 0.1) is 11.8 Å². The second-order valence-corrected chi connectivity index (χ2v) is 4.99. The summed E-state index contributed by atoms with van der Waals surface area (Å²) >= 11 is 0. The molecule has 17 heavy (non-hydrogen) atoms. The van der Waals surface area contributed by atoms with E-state index in [1.807, 2.05) is 6.07 Å². The van der Waals surface area contributed by atoms with Gasteiger partial charge in [-0.3, -0.25) is 5.43 Å². The molecule has 5 heteroatoms. The number of hydrogen-bond acceptors (Lipinski definition) is 5. The van der Waals surface area contributed by atoms with Crippen LogP contribution in [0.3, 0.4) is 0 Å². The molecule has 1 saturated carbocycles. The number of hydrazine groups is 1. The van der Waals surface area contributed by atoms with Crippen LogP contribution >= 0.6 is 0 Å². The Morgan fingerprint density at radius 3 is 2.65 bits per heavy atom. The van der Waals surface area contributed by atoms with E-state index in [2.05, 4.69) is 32.8 Å². The van der Waals surface area contributed by atoms with Crippen molar-refractivity contribution in [1.29, 1.82) is 0 Å². The van der Waals surface area contributed by atoms with E-state index in [0.29, 0.717) is 12.0 Å². The highest BCUT2D eigenvalue weighted by Crippen LogP contribution is 2.41. The van der Waals surface area contributed by atoms with E-state index in [1.165, 1.54) is 12.8 Å². The summed E-state index contributed by atoms with van der Waals surface area (Å²) in [5.41, 5.74) is 3.29. The molecule has 2 aliphatic rings. The van der Waals surface area contributed by atoms with Crippen LogP contribution in [-0.2, 0) is 0 Å². The Morgan fingerprint density at radius 1 is 1.24 bits per heavy atom. The maximum atomic E-state index is 4.19. The SMILES string of the molecule is CNC1CN(Nc2ncccn2)CC1C1CC1. The molecular weight excluding hydrogens is 214 g/mol. The first-order chi connectivity index (χ1) is 8.36. The molecule has 0 bridgehead atoms. The van der Waals surface area contributed by atoms with Crippen LogP contribution in [0.1, 0.15) is 12.8 Å². The van der Waals surface area contributed by atoms with Crippen LogP contribution in [0.25, 0.3) is 0 Å². The third-order valence-electron chi connectivity index (χ3n) is 3.79. The topological polar surface area (TPSA) is 53.1 Å². The lowest BCUT2D eigenvalue weighted by atomic mass is 9.98. The van der Waals surface area contributed by atoms with Crippen molar-refractivity contribution in [2.45, 2.75) is 18.9 Å². The Labute approximate surface area is 102 Å². The Kier molecular flexibility index (Phi) is 2.94. The van der Waals surface area contributed by atoms with Gasteiger partial charge in [-0.1, -0.05) is 0 Å². The molecule has 2 heterocycles. The lowest BCUT2D eigenvalue weighted by molar-refractivity contribution is 0.371. The molecule has 1 saturated heterocycles. The highest BCUT2D eigenvalue weighted by molar-refractivity contribution is 5.21. The third kappa shape index (κ3) is 2.40. The lowest BCUT2D eigenvalue weighted by Crippen LogP contribution is -2.35. The smallest absolute Gasteiger partial charge is 0.237 e. The first kappa shape index (κ1) is 10.9. The number of aromatic nitrogens is 2. The third-order valence-corrected chi connectivity index (χ3v) is 3.79. The van der Waals surface area contributed by atoms with Gasteiger partial charge in [0.15, 0.2) is 0 Å². The molecule has 92 valence electrons. The summed E-state index contributed by atoms with van der Waals surface area (Å²) in [6, 6.07) is 2.43. The second kappa shape index (κ2) is 4.58. The summed E-state index contributed by atoms with van der Waals surface area (Å²) in [4.78, 5) is 8.39. The van der Waals surface area contributed by atoms with Gasteiger partial charge < -0.3 is 5.32 Å². The van der Waals surface area contributed by atoms with Crippen LogP contribution < -0.4 is 10.7 Å². The molecule has 2 unspecified atom stereocenters. The molecule has 1 aromatic heterocycles. The standard InChI is InChI=1S/C12H19N5/c1-13-11-8-17(7-10(11)9-3-4-9)16-12-14-5-2-6-15-12/h2,5-6,9-11,13H,3-4,7-8H2,1H3,(H,14,15,16). The van der Waals surface area contributed by atoms with Crippen LogP contribution in [0.15, 0.2) is 18.5 Å². The molecule has 0 aromatic carbocycles. The molecular formula is C12H19N5. The number of anilines is 1. The number of nitrogens with one attached hydrogen (secondary N) is 2. The Bertz CT molecular complexity index is 364. The van der Waals surface area contributed by atoms with Crippen LogP contribution in [0.2, 0.25) is 0 Å². The van der Waals surface area contributed by atoms with Gasteiger partial charge in [0.2, 0.25) is 5.95 Å². The molecule has 1 aliphatic carbocycles. The highest BCUT2D eigenvalue weighted by atomic mass is 15.5. The Hall–Kier alpha value is -1.20. The van der Waals surface area contributed by atoms with Crippen molar-refractivity contribution in [2.75, 3.05) is 25.6 Å². The molecule has 5 nitrogen and oxygen atoms in total. The Balaban J connectivity index is 1.62. The number of rotatable bonds is 4. The molecule has 2 atom stereocenters. The van der Waals surface area contributed by atoms with Crippen molar-refractivity contribution in [3.05, 3.63) is 18.5 Å². The summed E-state index contributed by atoms with van der Waals surface area (Å²) in [7, 11) is 2.06. The quantitative estimate of drug-likeness (QED) is 0.803. The number of nitrogens with zero attached hydrogens (tertiary/aromatic N) is 3. The molecule has 2 fully saturated rings. The van der Waals surface area contributed by atoms with Gasteiger partial charge >= 0.3 is 0 Å². The summed E-state index contributed by atoms with van der Waals surface area (Å²) in [6.45, 7) is 2.12. The highest BCUT2D eigenvalue weighted by Gasteiger charge is 2.41. The average molecular weight is 233 g/mol. The monoisotopic (exact) mass is 233 g/mol. The second-order valence-electron chi connectivity index (χ2n) is 4.99. The van der Waals surface area contributed by atoms with Gasteiger partial charge in [-0.2, -0.15) is 0 Å². The molecule has 1 aromatic rings. The van der Waals surface area contributed by atoms with E-state index >= 15 is 0 Å².